The van der Waals surface area contributed by atoms with E-state index in [4.69, 9.17) is 10.5 Å². The van der Waals surface area contributed by atoms with E-state index in [1.165, 1.54) is 0 Å². The van der Waals surface area contributed by atoms with Crippen molar-refractivity contribution < 1.29 is 4.74 Å². The summed E-state index contributed by atoms with van der Waals surface area (Å²) in [5, 5.41) is 0. The Bertz CT molecular complexity index is 569. The lowest BCUT2D eigenvalue weighted by Crippen LogP contribution is -2.13. The number of aryl methyl sites for hydroxylation is 1. The molecule has 0 bridgehead atoms. The number of hydrogen-bond donors (Lipinski definition) is 1. The SMILES string of the molecule is CCCc1nc(N)cc(N(C)c2ccc(OC)cc2)n1. The van der Waals surface area contributed by atoms with E-state index in [1.54, 1.807) is 13.2 Å². The standard InChI is InChI=1S/C15H20N4O/c1-4-5-14-17-13(16)10-15(18-14)19(2)11-6-8-12(20-3)9-7-11/h6-10H,4-5H2,1-3H3,(H2,16,17,18). The summed E-state index contributed by atoms with van der Waals surface area (Å²) in [5.41, 5.74) is 6.87. The molecule has 2 rings (SSSR count). The van der Waals surface area contributed by atoms with Crippen molar-refractivity contribution in [3.63, 3.8) is 0 Å². The number of rotatable bonds is 5. The highest BCUT2D eigenvalue weighted by Gasteiger charge is 2.09. The monoisotopic (exact) mass is 272 g/mol. The third-order valence-corrected chi connectivity index (χ3v) is 3.06. The van der Waals surface area contributed by atoms with Crippen LogP contribution in [0.2, 0.25) is 0 Å². The number of ether oxygens (including phenoxy) is 1. The third kappa shape index (κ3) is 3.17. The number of methoxy groups -OCH3 is 1. The van der Waals surface area contributed by atoms with Gasteiger partial charge in [-0.05, 0) is 30.7 Å². The van der Waals surface area contributed by atoms with Gasteiger partial charge in [-0.3, -0.25) is 0 Å². The molecule has 2 N–H and O–H groups in total. The fraction of sp³-hybridized carbons (Fsp3) is 0.333. The van der Waals surface area contributed by atoms with Crippen molar-refractivity contribution in [2.45, 2.75) is 19.8 Å². The van der Waals surface area contributed by atoms with Crippen LogP contribution in [0.1, 0.15) is 19.2 Å². The fourth-order valence-corrected chi connectivity index (χ4v) is 1.95. The highest BCUT2D eigenvalue weighted by Crippen LogP contribution is 2.25. The van der Waals surface area contributed by atoms with Crippen molar-refractivity contribution in [3.8, 4) is 5.75 Å². The van der Waals surface area contributed by atoms with Crippen molar-refractivity contribution in [3.05, 3.63) is 36.2 Å². The van der Waals surface area contributed by atoms with Gasteiger partial charge in [0.2, 0.25) is 0 Å². The lowest BCUT2D eigenvalue weighted by Gasteiger charge is -2.19. The average molecular weight is 272 g/mol. The zero-order chi connectivity index (χ0) is 14.5. The molecule has 0 atom stereocenters. The van der Waals surface area contributed by atoms with Crippen LogP contribution in [0.5, 0.6) is 5.75 Å². The molecule has 0 saturated carbocycles. The van der Waals surface area contributed by atoms with Crippen LogP contribution in [0.4, 0.5) is 17.3 Å². The molecule has 2 aromatic rings. The first kappa shape index (κ1) is 14.1. The van der Waals surface area contributed by atoms with Gasteiger partial charge in [0.1, 0.15) is 23.2 Å². The molecule has 0 spiro atoms. The summed E-state index contributed by atoms with van der Waals surface area (Å²) in [5.74, 6) is 2.91. The molecule has 0 aliphatic heterocycles. The lowest BCUT2D eigenvalue weighted by atomic mass is 10.2. The van der Waals surface area contributed by atoms with Crippen LogP contribution in [-0.2, 0) is 6.42 Å². The van der Waals surface area contributed by atoms with Gasteiger partial charge in [-0.1, -0.05) is 6.92 Å². The zero-order valence-electron chi connectivity index (χ0n) is 12.1. The maximum absolute atomic E-state index is 5.85. The Kier molecular flexibility index (Phi) is 4.40. The predicted octanol–water partition coefficient (Wildman–Crippen LogP) is 2.79. The average Bonchev–Trinajstić information content (AvgIpc) is 2.46. The molecule has 5 heteroatoms. The van der Waals surface area contributed by atoms with Crippen molar-refractivity contribution in [1.82, 2.24) is 9.97 Å². The molecule has 106 valence electrons. The van der Waals surface area contributed by atoms with Crippen LogP contribution in [0.3, 0.4) is 0 Å². The van der Waals surface area contributed by atoms with Crippen LogP contribution in [0.25, 0.3) is 0 Å². The van der Waals surface area contributed by atoms with Gasteiger partial charge < -0.3 is 15.4 Å². The normalized spacial score (nSPS) is 10.3. The van der Waals surface area contributed by atoms with Crippen LogP contribution in [-0.4, -0.2) is 24.1 Å². The summed E-state index contributed by atoms with van der Waals surface area (Å²) in [4.78, 5) is 10.8. The smallest absolute Gasteiger partial charge is 0.138 e. The minimum atomic E-state index is 0.499. The van der Waals surface area contributed by atoms with Gasteiger partial charge in [0, 0.05) is 25.2 Å². The second kappa shape index (κ2) is 6.23. The van der Waals surface area contributed by atoms with Gasteiger partial charge in [-0.15, -0.1) is 0 Å². The molecule has 0 radical (unpaired) electrons. The second-order valence-electron chi connectivity index (χ2n) is 4.57. The van der Waals surface area contributed by atoms with Crippen LogP contribution >= 0.6 is 0 Å². The van der Waals surface area contributed by atoms with Crippen molar-refractivity contribution in [2.24, 2.45) is 0 Å². The van der Waals surface area contributed by atoms with E-state index in [9.17, 15) is 0 Å². The highest BCUT2D eigenvalue weighted by molar-refractivity contribution is 5.61. The Balaban J connectivity index is 2.29. The maximum Gasteiger partial charge on any atom is 0.138 e. The van der Waals surface area contributed by atoms with E-state index in [2.05, 4.69) is 16.9 Å². The summed E-state index contributed by atoms with van der Waals surface area (Å²) >= 11 is 0. The lowest BCUT2D eigenvalue weighted by molar-refractivity contribution is 0.415. The highest BCUT2D eigenvalue weighted by atomic mass is 16.5. The van der Waals surface area contributed by atoms with Gasteiger partial charge in [0.15, 0.2) is 0 Å². The predicted molar refractivity (Wildman–Crippen MR) is 81.5 cm³/mol. The minimum Gasteiger partial charge on any atom is -0.497 e. The van der Waals surface area contributed by atoms with E-state index >= 15 is 0 Å². The van der Waals surface area contributed by atoms with Crippen molar-refractivity contribution in [2.75, 3.05) is 24.8 Å². The number of benzene rings is 1. The Hall–Kier alpha value is -2.30. The molecule has 0 fully saturated rings. The van der Waals surface area contributed by atoms with Crippen molar-refractivity contribution in [1.29, 1.82) is 0 Å². The summed E-state index contributed by atoms with van der Waals surface area (Å²) in [7, 11) is 3.61. The van der Waals surface area contributed by atoms with Crippen molar-refractivity contribution >= 4 is 17.3 Å². The molecule has 5 nitrogen and oxygen atoms in total. The summed E-state index contributed by atoms with van der Waals surface area (Å²) in [6.07, 6.45) is 1.82. The van der Waals surface area contributed by atoms with Crippen LogP contribution in [0.15, 0.2) is 30.3 Å². The maximum atomic E-state index is 5.85. The number of hydrogen-bond acceptors (Lipinski definition) is 5. The largest absolute Gasteiger partial charge is 0.497 e. The Morgan fingerprint density at radius 1 is 1.20 bits per heavy atom. The molecule has 0 aliphatic rings. The van der Waals surface area contributed by atoms with E-state index in [0.717, 1.165) is 35.9 Å². The third-order valence-electron chi connectivity index (χ3n) is 3.06. The minimum absolute atomic E-state index is 0.499. The number of nitrogens with zero attached hydrogens (tertiary/aromatic N) is 3. The molecule has 0 aliphatic carbocycles. The number of nitrogens with two attached hydrogens (primary N) is 1. The quantitative estimate of drug-likeness (QED) is 0.906. The topological polar surface area (TPSA) is 64.3 Å². The fourth-order valence-electron chi connectivity index (χ4n) is 1.95. The molecule has 0 unspecified atom stereocenters. The summed E-state index contributed by atoms with van der Waals surface area (Å²) in [6.45, 7) is 2.10. The molecule has 0 saturated heterocycles. The van der Waals surface area contributed by atoms with Crippen LogP contribution in [0, 0.1) is 0 Å². The molecule has 20 heavy (non-hydrogen) atoms. The molecular formula is C15H20N4O. The van der Waals surface area contributed by atoms with E-state index < -0.39 is 0 Å². The van der Waals surface area contributed by atoms with Gasteiger partial charge >= 0.3 is 0 Å². The second-order valence-corrected chi connectivity index (χ2v) is 4.57. The van der Waals surface area contributed by atoms with Gasteiger partial charge in [0.25, 0.3) is 0 Å². The number of anilines is 3. The molecular weight excluding hydrogens is 252 g/mol. The number of nitrogen functional groups attached to an aromatic ring is 1. The molecule has 1 heterocycles. The van der Waals surface area contributed by atoms with E-state index in [-0.39, 0.29) is 0 Å². The molecule has 1 aromatic carbocycles. The van der Waals surface area contributed by atoms with Gasteiger partial charge in [0.05, 0.1) is 7.11 Å². The van der Waals surface area contributed by atoms with E-state index in [0.29, 0.717) is 5.82 Å². The first-order chi connectivity index (χ1) is 9.63. The summed E-state index contributed by atoms with van der Waals surface area (Å²) in [6, 6.07) is 9.59. The first-order valence-corrected chi connectivity index (χ1v) is 6.65. The van der Waals surface area contributed by atoms with E-state index in [1.807, 2.05) is 36.2 Å². The number of aromatic nitrogens is 2. The summed E-state index contributed by atoms with van der Waals surface area (Å²) < 4.78 is 5.16. The Morgan fingerprint density at radius 3 is 2.50 bits per heavy atom. The van der Waals surface area contributed by atoms with Gasteiger partial charge in [-0.25, -0.2) is 9.97 Å². The van der Waals surface area contributed by atoms with Crippen LogP contribution < -0.4 is 15.4 Å². The molecule has 1 aromatic heterocycles. The first-order valence-electron chi connectivity index (χ1n) is 6.65. The van der Waals surface area contributed by atoms with Gasteiger partial charge in [-0.2, -0.15) is 0 Å². The zero-order valence-corrected chi connectivity index (χ0v) is 12.1. The molecule has 0 amide bonds. The Morgan fingerprint density at radius 2 is 1.90 bits per heavy atom. The Labute approximate surface area is 119 Å².